The zero-order chi connectivity index (χ0) is 16.7. The minimum absolute atomic E-state index is 0.0462. The fourth-order valence-corrected chi connectivity index (χ4v) is 3.04. The standard InChI is InChI=1S/C19H22N4O/c1-3-21(2)19(24)15-12-18(23-10-5-4-6-17(15)23)16-9-11-22(20-16)13-14-7-8-14/h4-6,9-12,14H,3,7-8,13H2,1-2H3. The molecule has 124 valence electrons. The van der Waals surface area contributed by atoms with Crippen LogP contribution in [0.1, 0.15) is 30.1 Å². The number of nitrogens with zero attached hydrogens (tertiary/aromatic N) is 4. The Labute approximate surface area is 141 Å². The van der Waals surface area contributed by atoms with Crippen LogP contribution in [0.3, 0.4) is 0 Å². The van der Waals surface area contributed by atoms with Crippen molar-refractivity contribution in [1.82, 2.24) is 19.1 Å². The molecule has 5 heteroatoms. The molecule has 1 saturated carbocycles. The van der Waals surface area contributed by atoms with Gasteiger partial charge in [-0.05, 0) is 49.9 Å². The van der Waals surface area contributed by atoms with E-state index in [1.165, 1.54) is 12.8 Å². The van der Waals surface area contributed by atoms with Gasteiger partial charge in [0.15, 0.2) is 0 Å². The number of hydrogen-bond acceptors (Lipinski definition) is 2. The largest absolute Gasteiger partial charge is 0.342 e. The number of aromatic nitrogens is 3. The van der Waals surface area contributed by atoms with Crippen LogP contribution in [0.4, 0.5) is 0 Å². The smallest absolute Gasteiger partial charge is 0.255 e. The fourth-order valence-electron chi connectivity index (χ4n) is 3.04. The van der Waals surface area contributed by atoms with Crippen LogP contribution < -0.4 is 0 Å². The van der Waals surface area contributed by atoms with Gasteiger partial charge in [-0.25, -0.2) is 0 Å². The third-order valence-corrected chi connectivity index (χ3v) is 4.77. The molecule has 0 aliphatic heterocycles. The average Bonchev–Trinajstić information content (AvgIpc) is 3.16. The van der Waals surface area contributed by atoms with Crippen molar-refractivity contribution < 1.29 is 4.79 Å². The third kappa shape index (κ3) is 2.60. The lowest BCUT2D eigenvalue weighted by Gasteiger charge is -2.13. The summed E-state index contributed by atoms with van der Waals surface area (Å²) < 4.78 is 4.08. The summed E-state index contributed by atoms with van der Waals surface area (Å²) in [6.45, 7) is 3.67. The van der Waals surface area contributed by atoms with Crippen LogP contribution in [0.25, 0.3) is 16.9 Å². The van der Waals surface area contributed by atoms with Crippen LogP contribution in [0.15, 0.2) is 42.7 Å². The molecule has 0 N–H and O–H groups in total. The molecule has 0 unspecified atom stereocenters. The van der Waals surface area contributed by atoms with Crippen LogP contribution in [0, 0.1) is 5.92 Å². The Morgan fingerprint density at radius 2 is 2.12 bits per heavy atom. The summed E-state index contributed by atoms with van der Waals surface area (Å²) >= 11 is 0. The van der Waals surface area contributed by atoms with Gasteiger partial charge in [-0.1, -0.05) is 6.07 Å². The van der Waals surface area contributed by atoms with Gasteiger partial charge in [-0.2, -0.15) is 5.10 Å². The van der Waals surface area contributed by atoms with Crippen molar-refractivity contribution in [2.45, 2.75) is 26.3 Å². The molecule has 5 nitrogen and oxygen atoms in total. The van der Waals surface area contributed by atoms with Gasteiger partial charge in [0, 0.05) is 32.5 Å². The van der Waals surface area contributed by atoms with E-state index in [1.807, 2.05) is 61.4 Å². The van der Waals surface area contributed by atoms with E-state index in [1.54, 1.807) is 4.90 Å². The molecule has 0 radical (unpaired) electrons. The second kappa shape index (κ2) is 5.82. The summed E-state index contributed by atoms with van der Waals surface area (Å²) in [5.74, 6) is 0.835. The van der Waals surface area contributed by atoms with E-state index in [-0.39, 0.29) is 5.91 Å². The summed E-state index contributed by atoms with van der Waals surface area (Å²) in [5.41, 5.74) is 3.53. The van der Waals surface area contributed by atoms with Crippen LogP contribution in [-0.2, 0) is 6.54 Å². The maximum atomic E-state index is 12.7. The van der Waals surface area contributed by atoms with Gasteiger partial charge < -0.3 is 9.30 Å². The first-order valence-electron chi connectivity index (χ1n) is 8.56. The summed E-state index contributed by atoms with van der Waals surface area (Å²) in [6.07, 6.45) is 6.65. The topological polar surface area (TPSA) is 42.5 Å². The Bertz CT molecular complexity index is 888. The molecule has 0 aromatic carbocycles. The molecule has 24 heavy (non-hydrogen) atoms. The van der Waals surface area contributed by atoms with Crippen LogP contribution in [0.2, 0.25) is 0 Å². The highest BCUT2D eigenvalue weighted by molar-refractivity contribution is 6.02. The lowest BCUT2D eigenvalue weighted by atomic mass is 10.2. The highest BCUT2D eigenvalue weighted by Gasteiger charge is 2.23. The second-order valence-electron chi connectivity index (χ2n) is 6.58. The first kappa shape index (κ1) is 15.0. The molecule has 3 aromatic heterocycles. The van der Waals surface area contributed by atoms with E-state index >= 15 is 0 Å². The van der Waals surface area contributed by atoms with Crippen molar-refractivity contribution in [3.63, 3.8) is 0 Å². The van der Waals surface area contributed by atoms with Gasteiger partial charge in [0.2, 0.25) is 0 Å². The van der Waals surface area contributed by atoms with E-state index in [4.69, 9.17) is 5.10 Å². The number of amides is 1. The SMILES string of the molecule is CCN(C)C(=O)c1cc(-c2ccn(CC3CC3)n2)n2ccccc12. The number of fused-ring (bicyclic) bond motifs is 1. The fraction of sp³-hybridized carbons (Fsp3) is 0.368. The molecule has 0 saturated heterocycles. The van der Waals surface area contributed by atoms with Crippen LogP contribution in [-0.4, -0.2) is 38.6 Å². The first-order valence-corrected chi connectivity index (χ1v) is 8.56. The summed E-state index contributed by atoms with van der Waals surface area (Å²) in [6, 6.07) is 9.94. The van der Waals surface area contributed by atoms with Gasteiger partial charge >= 0.3 is 0 Å². The zero-order valence-corrected chi connectivity index (χ0v) is 14.1. The molecule has 0 atom stereocenters. The van der Waals surface area contributed by atoms with E-state index in [0.717, 1.165) is 34.9 Å². The quantitative estimate of drug-likeness (QED) is 0.723. The van der Waals surface area contributed by atoms with Gasteiger partial charge in [0.25, 0.3) is 5.91 Å². The highest BCUT2D eigenvalue weighted by atomic mass is 16.2. The van der Waals surface area contributed by atoms with Crippen molar-refractivity contribution in [3.8, 4) is 11.4 Å². The minimum Gasteiger partial charge on any atom is -0.342 e. The Hall–Kier alpha value is -2.56. The number of carbonyl (C=O) groups is 1. The van der Waals surface area contributed by atoms with Gasteiger partial charge in [-0.15, -0.1) is 0 Å². The minimum atomic E-state index is 0.0462. The van der Waals surface area contributed by atoms with Gasteiger partial charge in [0.05, 0.1) is 16.8 Å². The molecule has 1 amide bonds. The van der Waals surface area contributed by atoms with E-state index in [0.29, 0.717) is 6.54 Å². The van der Waals surface area contributed by atoms with E-state index in [2.05, 4.69) is 4.40 Å². The lowest BCUT2D eigenvalue weighted by Crippen LogP contribution is -2.25. The van der Waals surface area contributed by atoms with Crippen molar-refractivity contribution >= 4 is 11.4 Å². The molecule has 3 aromatic rings. The predicted octanol–water partition coefficient (Wildman–Crippen LogP) is 3.30. The molecule has 4 rings (SSSR count). The summed E-state index contributed by atoms with van der Waals surface area (Å²) in [7, 11) is 1.83. The normalized spacial score (nSPS) is 14.2. The Balaban J connectivity index is 1.77. The van der Waals surface area contributed by atoms with Crippen LogP contribution in [0.5, 0.6) is 0 Å². The maximum absolute atomic E-state index is 12.7. The molecule has 1 aliphatic carbocycles. The Kier molecular flexibility index (Phi) is 3.63. The molecular weight excluding hydrogens is 300 g/mol. The molecule has 3 heterocycles. The van der Waals surface area contributed by atoms with Crippen molar-refractivity contribution in [2.24, 2.45) is 5.92 Å². The predicted molar refractivity (Wildman–Crippen MR) is 94.0 cm³/mol. The van der Waals surface area contributed by atoms with Gasteiger partial charge in [0.1, 0.15) is 5.69 Å². The Morgan fingerprint density at radius 1 is 1.29 bits per heavy atom. The second-order valence-corrected chi connectivity index (χ2v) is 6.58. The first-order chi connectivity index (χ1) is 11.7. The average molecular weight is 322 g/mol. The molecular formula is C19H22N4O. The number of carbonyl (C=O) groups excluding carboxylic acids is 1. The molecule has 1 aliphatic rings. The molecule has 0 bridgehead atoms. The Morgan fingerprint density at radius 3 is 2.88 bits per heavy atom. The molecule has 0 spiro atoms. The number of hydrogen-bond donors (Lipinski definition) is 0. The summed E-state index contributed by atoms with van der Waals surface area (Å²) in [4.78, 5) is 14.4. The third-order valence-electron chi connectivity index (χ3n) is 4.77. The van der Waals surface area contributed by atoms with Crippen molar-refractivity contribution in [2.75, 3.05) is 13.6 Å². The van der Waals surface area contributed by atoms with Crippen molar-refractivity contribution in [3.05, 3.63) is 48.3 Å². The number of rotatable bonds is 5. The van der Waals surface area contributed by atoms with Crippen LogP contribution >= 0.6 is 0 Å². The van der Waals surface area contributed by atoms with Crippen molar-refractivity contribution in [1.29, 1.82) is 0 Å². The van der Waals surface area contributed by atoms with Gasteiger partial charge in [-0.3, -0.25) is 9.48 Å². The monoisotopic (exact) mass is 322 g/mol. The highest BCUT2D eigenvalue weighted by Crippen LogP contribution is 2.31. The van der Waals surface area contributed by atoms with E-state index < -0.39 is 0 Å². The summed E-state index contributed by atoms with van der Waals surface area (Å²) in [5, 5.41) is 4.72. The maximum Gasteiger partial charge on any atom is 0.255 e. The van der Waals surface area contributed by atoms with E-state index in [9.17, 15) is 4.79 Å². The zero-order valence-electron chi connectivity index (χ0n) is 14.1. The lowest BCUT2D eigenvalue weighted by molar-refractivity contribution is 0.0804. The number of pyridine rings is 1. The molecule has 1 fully saturated rings.